The Labute approximate surface area is 107 Å². The normalized spacial score (nSPS) is 11.8. The molecule has 2 aromatic rings. The molecule has 0 aliphatic carbocycles. The topological polar surface area (TPSA) is 42.0 Å². The highest BCUT2D eigenvalue weighted by Gasteiger charge is 2.13. The molecule has 18 heavy (non-hydrogen) atoms. The molecule has 0 unspecified atom stereocenters. The van der Waals surface area contributed by atoms with Gasteiger partial charge in [0.15, 0.2) is 0 Å². The molecule has 0 aliphatic rings. The number of benzene rings is 1. The molecule has 0 bridgehead atoms. The SMILES string of the molecule is C[C@@H](Cc1ccccc1)C(=O)Nc1ccncc1. The van der Waals surface area contributed by atoms with Gasteiger partial charge in [-0.25, -0.2) is 0 Å². The Kier molecular flexibility index (Phi) is 4.07. The van der Waals surface area contributed by atoms with Crippen molar-refractivity contribution < 1.29 is 4.79 Å². The largest absolute Gasteiger partial charge is 0.326 e. The van der Waals surface area contributed by atoms with Crippen LogP contribution in [0.3, 0.4) is 0 Å². The molecule has 1 N–H and O–H groups in total. The molecule has 0 saturated heterocycles. The zero-order valence-electron chi connectivity index (χ0n) is 10.3. The third kappa shape index (κ3) is 3.42. The van der Waals surface area contributed by atoms with Crippen LogP contribution in [0.25, 0.3) is 0 Å². The van der Waals surface area contributed by atoms with Crippen LogP contribution in [0.4, 0.5) is 5.69 Å². The average Bonchev–Trinajstić information content (AvgIpc) is 2.41. The highest BCUT2D eigenvalue weighted by molar-refractivity contribution is 5.92. The fourth-order valence-corrected chi connectivity index (χ4v) is 1.76. The van der Waals surface area contributed by atoms with Gasteiger partial charge in [0.25, 0.3) is 0 Å². The molecule has 1 heterocycles. The number of aromatic nitrogens is 1. The van der Waals surface area contributed by atoms with Crippen molar-refractivity contribution in [3.05, 3.63) is 60.4 Å². The summed E-state index contributed by atoms with van der Waals surface area (Å²) in [5.74, 6) is -0.0226. The zero-order chi connectivity index (χ0) is 12.8. The van der Waals surface area contributed by atoms with Crippen LogP contribution in [-0.4, -0.2) is 10.9 Å². The predicted octanol–water partition coefficient (Wildman–Crippen LogP) is 2.90. The van der Waals surface area contributed by atoms with Crippen LogP contribution in [0.5, 0.6) is 0 Å². The van der Waals surface area contributed by atoms with Gasteiger partial charge in [-0.15, -0.1) is 0 Å². The third-order valence-corrected chi connectivity index (χ3v) is 2.78. The maximum Gasteiger partial charge on any atom is 0.227 e. The van der Waals surface area contributed by atoms with Gasteiger partial charge in [0, 0.05) is 24.0 Å². The van der Waals surface area contributed by atoms with Crippen LogP contribution in [0, 0.1) is 5.92 Å². The van der Waals surface area contributed by atoms with Crippen LogP contribution in [0.1, 0.15) is 12.5 Å². The Morgan fingerprint density at radius 1 is 1.17 bits per heavy atom. The fraction of sp³-hybridized carbons (Fsp3) is 0.200. The van der Waals surface area contributed by atoms with E-state index in [0.717, 1.165) is 12.1 Å². The summed E-state index contributed by atoms with van der Waals surface area (Å²) in [6, 6.07) is 13.6. The van der Waals surface area contributed by atoms with E-state index in [1.807, 2.05) is 37.3 Å². The lowest BCUT2D eigenvalue weighted by molar-refractivity contribution is -0.119. The Bertz CT molecular complexity index is 496. The standard InChI is InChI=1S/C15H16N2O/c1-12(11-13-5-3-2-4-6-13)15(18)17-14-7-9-16-10-8-14/h2-10,12H,11H2,1H3,(H,16,17,18)/t12-/m0/s1. The van der Waals surface area contributed by atoms with Gasteiger partial charge in [-0.2, -0.15) is 0 Å². The van der Waals surface area contributed by atoms with E-state index in [2.05, 4.69) is 10.3 Å². The van der Waals surface area contributed by atoms with E-state index >= 15 is 0 Å². The number of anilines is 1. The minimum Gasteiger partial charge on any atom is -0.326 e. The van der Waals surface area contributed by atoms with Gasteiger partial charge in [-0.1, -0.05) is 37.3 Å². The second kappa shape index (κ2) is 5.96. The molecule has 0 radical (unpaired) electrons. The van der Waals surface area contributed by atoms with E-state index in [1.54, 1.807) is 24.5 Å². The van der Waals surface area contributed by atoms with Crippen LogP contribution in [-0.2, 0) is 11.2 Å². The molecular weight excluding hydrogens is 224 g/mol. The molecule has 3 nitrogen and oxygen atoms in total. The molecule has 0 fully saturated rings. The van der Waals surface area contributed by atoms with Gasteiger partial charge in [0.1, 0.15) is 0 Å². The van der Waals surface area contributed by atoms with E-state index in [-0.39, 0.29) is 11.8 Å². The number of carbonyl (C=O) groups is 1. The molecule has 3 heteroatoms. The van der Waals surface area contributed by atoms with Crippen LogP contribution in [0.2, 0.25) is 0 Å². The lowest BCUT2D eigenvalue weighted by Gasteiger charge is -2.12. The summed E-state index contributed by atoms with van der Waals surface area (Å²) in [7, 11) is 0. The number of hydrogen-bond donors (Lipinski definition) is 1. The van der Waals surface area contributed by atoms with Gasteiger partial charge < -0.3 is 5.32 Å². The summed E-state index contributed by atoms with van der Waals surface area (Å²) in [5, 5.41) is 2.88. The first kappa shape index (κ1) is 12.3. The Morgan fingerprint density at radius 3 is 2.50 bits per heavy atom. The van der Waals surface area contributed by atoms with Crippen molar-refractivity contribution in [2.24, 2.45) is 5.92 Å². The summed E-state index contributed by atoms with van der Waals surface area (Å²) in [6.07, 6.45) is 4.08. The molecule has 1 atom stereocenters. The highest BCUT2D eigenvalue weighted by atomic mass is 16.1. The number of carbonyl (C=O) groups excluding carboxylic acids is 1. The van der Waals surface area contributed by atoms with Gasteiger partial charge in [0.2, 0.25) is 5.91 Å². The predicted molar refractivity (Wildman–Crippen MR) is 72.2 cm³/mol. The van der Waals surface area contributed by atoms with Crippen molar-refractivity contribution >= 4 is 11.6 Å². The van der Waals surface area contributed by atoms with E-state index in [1.165, 1.54) is 5.56 Å². The van der Waals surface area contributed by atoms with Gasteiger partial charge in [-0.3, -0.25) is 9.78 Å². The van der Waals surface area contributed by atoms with Crippen molar-refractivity contribution in [3.8, 4) is 0 Å². The second-order valence-corrected chi connectivity index (χ2v) is 4.32. The third-order valence-electron chi connectivity index (χ3n) is 2.78. The summed E-state index contributed by atoms with van der Waals surface area (Å²) in [4.78, 5) is 15.9. The number of hydrogen-bond acceptors (Lipinski definition) is 2. The Morgan fingerprint density at radius 2 is 1.83 bits per heavy atom. The summed E-state index contributed by atoms with van der Waals surface area (Å²) in [5.41, 5.74) is 1.96. The maximum atomic E-state index is 12.0. The molecule has 0 aliphatic heterocycles. The van der Waals surface area contributed by atoms with Crippen LogP contribution < -0.4 is 5.32 Å². The van der Waals surface area contributed by atoms with E-state index in [4.69, 9.17) is 0 Å². The van der Waals surface area contributed by atoms with Crippen molar-refractivity contribution in [1.82, 2.24) is 4.98 Å². The van der Waals surface area contributed by atoms with E-state index < -0.39 is 0 Å². The molecule has 0 saturated carbocycles. The average molecular weight is 240 g/mol. The van der Waals surface area contributed by atoms with E-state index in [9.17, 15) is 4.79 Å². The Balaban J connectivity index is 1.93. The molecular formula is C15H16N2O. The first-order valence-corrected chi connectivity index (χ1v) is 6.00. The first-order chi connectivity index (χ1) is 8.75. The number of pyridine rings is 1. The summed E-state index contributed by atoms with van der Waals surface area (Å²) >= 11 is 0. The number of nitrogens with one attached hydrogen (secondary N) is 1. The lowest BCUT2D eigenvalue weighted by Crippen LogP contribution is -2.22. The molecule has 1 amide bonds. The molecule has 1 aromatic carbocycles. The second-order valence-electron chi connectivity index (χ2n) is 4.32. The number of rotatable bonds is 4. The Hall–Kier alpha value is -2.16. The van der Waals surface area contributed by atoms with Crippen LogP contribution >= 0.6 is 0 Å². The molecule has 1 aromatic heterocycles. The quantitative estimate of drug-likeness (QED) is 0.892. The maximum absolute atomic E-state index is 12.0. The zero-order valence-corrected chi connectivity index (χ0v) is 10.3. The van der Waals surface area contributed by atoms with Crippen molar-refractivity contribution in [3.63, 3.8) is 0 Å². The number of amides is 1. The first-order valence-electron chi connectivity index (χ1n) is 6.00. The van der Waals surface area contributed by atoms with E-state index in [0.29, 0.717) is 0 Å². The highest BCUT2D eigenvalue weighted by Crippen LogP contribution is 2.11. The minimum absolute atomic E-state index is 0.0325. The van der Waals surface area contributed by atoms with Crippen molar-refractivity contribution in [1.29, 1.82) is 0 Å². The van der Waals surface area contributed by atoms with Gasteiger partial charge >= 0.3 is 0 Å². The summed E-state index contributed by atoms with van der Waals surface area (Å²) in [6.45, 7) is 1.93. The lowest BCUT2D eigenvalue weighted by atomic mass is 10.0. The minimum atomic E-state index is -0.0550. The monoisotopic (exact) mass is 240 g/mol. The molecule has 2 rings (SSSR count). The smallest absolute Gasteiger partial charge is 0.227 e. The molecule has 92 valence electrons. The van der Waals surface area contributed by atoms with Crippen molar-refractivity contribution in [2.75, 3.05) is 5.32 Å². The van der Waals surface area contributed by atoms with Crippen LogP contribution in [0.15, 0.2) is 54.9 Å². The summed E-state index contributed by atoms with van der Waals surface area (Å²) < 4.78 is 0. The van der Waals surface area contributed by atoms with Gasteiger partial charge in [-0.05, 0) is 24.1 Å². The molecule has 0 spiro atoms. The van der Waals surface area contributed by atoms with Crippen molar-refractivity contribution in [2.45, 2.75) is 13.3 Å². The van der Waals surface area contributed by atoms with Gasteiger partial charge in [0.05, 0.1) is 0 Å². The number of nitrogens with zero attached hydrogens (tertiary/aromatic N) is 1. The fourth-order valence-electron chi connectivity index (χ4n) is 1.76.